The molecule has 0 unspecified atom stereocenters. The molecule has 1 heterocycles. The van der Waals surface area contributed by atoms with Gasteiger partial charge in [-0.05, 0) is 43.3 Å². The first-order valence-electron chi connectivity index (χ1n) is 11.3. The van der Waals surface area contributed by atoms with Gasteiger partial charge in [0.25, 0.3) is 0 Å². The molecule has 8 nitrogen and oxygen atoms in total. The van der Waals surface area contributed by atoms with Crippen LogP contribution in [0, 0.1) is 6.92 Å². The molecular formula is C29H22N2O6. The molecule has 0 bridgehead atoms. The molecule has 184 valence electrons. The lowest BCUT2D eigenvalue weighted by atomic mass is 10.1. The highest BCUT2D eigenvalue weighted by atomic mass is 16.7. The van der Waals surface area contributed by atoms with Crippen LogP contribution in [0.2, 0.25) is 0 Å². The van der Waals surface area contributed by atoms with Crippen LogP contribution in [0.5, 0.6) is 5.75 Å². The zero-order valence-corrected chi connectivity index (χ0v) is 19.9. The first-order chi connectivity index (χ1) is 18.0. The summed E-state index contributed by atoms with van der Waals surface area (Å²) in [5.74, 6) is -1.72. The summed E-state index contributed by atoms with van der Waals surface area (Å²) in [5, 5.41) is 3.81. The third-order valence-corrected chi connectivity index (χ3v) is 5.23. The molecule has 0 amide bonds. The Balaban J connectivity index is 1.62. The van der Waals surface area contributed by atoms with E-state index in [9.17, 15) is 14.4 Å². The summed E-state index contributed by atoms with van der Waals surface area (Å²) in [7, 11) is 0. The van der Waals surface area contributed by atoms with E-state index in [-0.39, 0.29) is 17.9 Å². The van der Waals surface area contributed by atoms with Gasteiger partial charge in [0.1, 0.15) is 6.61 Å². The summed E-state index contributed by atoms with van der Waals surface area (Å²) in [6, 6.07) is 25.3. The fourth-order valence-corrected chi connectivity index (χ4v) is 3.31. The van der Waals surface area contributed by atoms with Gasteiger partial charge in [0.05, 0.1) is 28.6 Å². The van der Waals surface area contributed by atoms with E-state index in [4.69, 9.17) is 14.3 Å². The minimum absolute atomic E-state index is 0.0987. The number of pyridine rings is 1. The van der Waals surface area contributed by atoms with Crippen LogP contribution in [-0.4, -0.2) is 29.1 Å². The number of carbonyl (C=O) groups is 3. The molecule has 1 aromatic heterocycles. The Bertz CT molecular complexity index is 1420. The van der Waals surface area contributed by atoms with E-state index in [0.29, 0.717) is 27.9 Å². The molecule has 3 aromatic carbocycles. The molecule has 0 N–H and O–H groups in total. The first kappa shape index (κ1) is 25.0. The average Bonchev–Trinajstić information content (AvgIpc) is 2.95. The zero-order chi connectivity index (χ0) is 26.0. The number of hydrogen-bond donors (Lipinski definition) is 0. The fraction of sp³-hybridized carbons (Fsp3) is 0.0690. The summed E-state index contributed by atoms with van der Waals surface area (Å²) in [5.41, 5.74) is 2.09. The van der Waals surface area contributed by atoms with Crippen LogP contribution >= 0.6 is 0 Å². The van der Waals surface area contributed by atoms with Gasteiger partial charge in [-0.15, -0.1) is 0 Å². The average molecular weight is 495 g/mol. The number of esters is 2. The van der Waals surface area contributed by atoms with E-state index in [1.165, 1.54) is 12.4 Å². The van der Waals surface area contributed by atoms with Gasteiger partial charge in [-0.1, -0.05) is 59.8 Å². The van der Waals surface area contributed by atoms with E-state index in [1.54, 1.807) is 97.9 Å². The number of benzene rings is 3. The number of aromatic nitrogens is 1. The highest BCUT2D eigenvalue weighted by molar-refractivity contribution is 5.94. The van der Waals surface area contributed by atoms with Gasteiger partial charge < -0.3 is 14.3 Å². The van der Waals surface area contributed by atoms with E-state index in [1.807, 2.05) is 0 Å². The van der Waals surface area contributed by atoms with Crippen molar-refractivity contribution in [1.82, 2.24) is 4.98 Å². The lowest BCUT2D eigenvalue weighted by molar-refractivity contribution is 0.0470. The van der Waals surface area contributed by atoms with Gasteiger partial charge in [0.15, 0.2) is 5.75 Å². The van der Waals surface area contributed by atoms with Crippen LogP contribution < -0.4 is 4.74 Å². The minimum atomic E-state index is -0.664. The molecule has 37 heavy (non-hydrogen) atoms. The molecule has 8 heteroatoms. The van der Waals surface area contributed by atoms with E-state index in [2.05, 4.69) is 10.1 Å². The number of aryl methyl sites for hydroxylation is 1. The number of hydrogen-bond acceptors (Lipinski definition) is 8. The zero-order valence-electron chi connectivity index (χ0n) is 19.9. The maximum atomic E-state index is 12.8. The van der Waals surface area contributed by atoms with Crippen molar-refractivity contribution in [1.29, 1.82) is 0 Å². The third kappa shape index (κ3) is 6.52. The molecule has 0 aliphatic heterocycles. The largest absolute Gasteiger partial charge is 0.457 e. The van der Waals surface area contributed by atoms with E-state index >= 15 is 0 Å². The van der Waals surface area contributed by atoms with Crippen molar-refractivity contribution in [2.45, 2.75) is 13.5 Å². The fourth-order valence-electron chi connectivity index (χ4n) is 3.31. The topological polar surface area (TPSA) is 104 Å². The molecule has 0 atom stereocenters. The Kier molecular flexibility index (Phi) is 8.13. The van der Waals surface area contributed by atoms with Crippen molar-refractivity contribution in [2.24, 2.45) is 5.16 Å². The maximum absolute atomic E-state index is 12.8. The molecule has 0 saturated heterocycles. The van der Waals surface area contributed by atoms with Crippen LogP contribution in [0.25, 0.3) is 0 Å². The van der Waals surface area contributed by atoms with E-state index < -0.39 is 17.9 Å². The predicted octanol–water partition coefficient (Wildman–Crippen LogP) is 5.16. The van der Waals surface area contributed by atoms with Crippen LogP contribution in [0.3, 0.4) is 0 Å². The molecule has 0 fully saturated rings. The van der Waals surface area contributed by atoms with Gasteiger partial charge in [-0.25, -0.2) is 14.4 Å². The lowest BCUT2D eigenvalue weighted by Crippen LogP contribution is -2.14. The van der Waals surface area contributed by atoms with Crippen LogP contribution in [0.1, 0.15) is 47.9 Å². The molecule has 4 rings (SSSR count). The second kappa shape index (κ2) is 12.0. The van der Waals surface area contributed by atoms with Crippen LogP contribution in [0.4, 0.5) is 0 Å². The van der Waals surface area contributed by atoms with E-state index in [0.717, 1.165) is 0 Å². The van der Waals surface area contributed by atoms with Crippen molar-refractivity contribution in [3.63, 3.8) is 0 Å². The van der Waals surface area contributed by atoms with Gasteiger partial charge >= 0.3 is 17.9 Å². The number of nitrogens with zero attached hydrogens (tertiary/aromatic N) is 2. The Morgan fingerprint density at radius 2 is 1.27 bits per heavy atom. The van der Waals surface area contributed by atoms with Gasteiger partial charge in [0.2, 0.25) is 0 Å². The van der Waals surface area contributed by atoms with Crippen molar-refractivity contribution in [2.75, 3.05) is 0 Å². The van der Waals surface area contributed by atoms with Crippen molar-refractivity contribution < 1.29 is 28.7 Å². The highest BCUT2D eigenvalue weighted by Crippen LogP contribution is 2.26. The lowest BCUT2D eigenvalue weighted by Gasteiger charge is -2.14. The predicted molar refractivity (Wildman–Crippen MR) is 135 cm³/mol. The second-order valence-corrected chi connectivity index (χ2v) is 7.79. The van der Waals surface area contributed by atoms with Crippen molar-refractivity contribution in [3.8, 4) is 5.75 Å². The summed E-state index contributed by atoms with van der Waals surface area (Å²) in [6.07, 6.45) is 2.71. The highest BCUT2D eigenvalue weighted by Gasteiger charge is 2.19. The summed E-state index contributed by atoms with van der Waals surface area (Å²) >= 11 is 0. The Morgan fingerprint density at radius 1 is 0.757 bits per heavy atom. The van der Waals surface area contributed by atoms with Gasteiger partial charge in [-0.3, -0.25) is 4.98 Å². The molecule has 0 radical (unpaired) electrons. The SMILES string of the molecule is Cc1ncc(COC(=O)c2ccccc2)c(/C=N\OC(=O)c2ccccc2)c1OC(=O)c1ccccc1. The first-order valence-corrected chi connectivity index (χ1v) is 11.3. The Morgan fingerprint density at radius 3 is 1.84 bits per heavy atom. The van der Waals surface area contributed by atoms with Crippen molar-refractivity contribution in [3.05, 3.63) is 131 Å². The van der Waals surface area contributed by atoms with Crippen molar-refractivity contribution >= 4 is 24.1 Å². The summed E-state index contributed by atoms with van der Waals surface area (Å²) in [6.45, 7) is 1.46. The number of ether oxygens (including phenoxy) is 2. The molecule has 4 aromatic rings. The normalized spacial score (nSPS) is 10.6. The van der Waals surface area contributed by atoms with Crippen LogP contribution in [-0.2, 0) is 16.2 Å². The number of rotatable bonds is 8. The van der Waals surface area contributed by atoms with Crippen LogP contribution in [0.15, 0.2) is 102 Å². The maximum Gasteiger partial charge on any atom is 0.365 e. The molecule has 0 spiro atoms. The molecule has 0 aliphatic rings. The second-order valence-electron chi connectivity index (χ2n) is 7.79. The molecule has 0 saturated carbocycles. The number of oxime groups is 1. The third-order valence-electron chi connectivity index (χ3n) is 5.23. The summed E-state index contributed by atoms with van der Waals surface area (Å²) in [4.78, 5) is 46.9. The Hall–Kier alpha value is -5.11. The summed E-state index contributed by atoms with van der Waals surface area (Å²) < 4.78 is 11.1. The van der Waals surface area contributed by atoms with Gasteiger partial charge in [-0.2, -0.15) is 0 Å². The number of carbonyl (C=O) groups excluding carboxylic acids is 3. The smallest absolute Gasteiger partial charge is 0.365 e. The molecular weight excluding hydrogens is 472 g/mol. The minimum Gasteiger partial charge on any atom is -0.457 e. The standard InChI is InChI=1S/C29H22N2O6/c1-20-26(36-28(33)22-13-7-3-8-14-22)25(18-31-37-29(34)23-15-9-4-10-16-23)24(17-30-20)19-35-27(32)21-11-5-2-6-12-21/h2-18H,19H2,1H3/b31-18-. The monoisotopic (exact) mass is 494 g/mol. The molecule has 0 aliphatic carbocycles. The quantitative estimate of drug-likeness (QED) is 0.144. The Labute approximate surface area is 213 Å². The van der Waals surface area contributed by atoms with Gasteiger partial charge in [0, 0.05) is 17.3 Å².